The van der Waals surface area contributed by atoms with Crippen molar-refractivity contribution in [2.75, 3.05) is 43.9 Å². The number of nitrogens with two attached hydrogens (primary N) is 1. The fourth-order valence-corrected chi connectivity index (χ4v) is 2.12. The Bertz CT molecular complexity index is 377. The van der Waals surface area contributed by atoms with Gasteiger partial charge in [0.15, 0.2) is 0 Å². The molecule has 6 nitrogen and oxygen atoms in total. The summed E-state index contributed by atoms with van der Waals surface area (Å²) in [7, 11) is 0. The zero-order valence-electron chi connectivity index (χ0n) is 10.4. The molecule has 0 unspecified atom stereocenters. The number of rotatable bonds is 4. The van der Waals surface area contributed by atoms with Crippen LogP contribution in [-0.4, -0.2) is 53.8 Å². The van der Waals surface area contributed by atoms with Gasteiger partial charge >= 0.3 is 0 Å². The van der Waals surface area contributed by atoms with Gasteiger partial charge in [-0.15, -0.1) is 0 Å². The first kappa shape index (κ1) is 13.3. The van der Waals surface area contributed by atoms with Gasteiger partial charge in [-0.05, 0) is 6.92 Å². The van der Waals surface area contributed by atoms with Crippen LogP contribution in [0.4, 0.5) is 11.8 Å². The molecule has 2 rings (SSSR count). The van der Waals surface area contributed by atoms with Gasteiger partial charge in [-0.2, -0.15) is 4.98 Å². The predicted molar refractivity (Wildman–Crippen MR) is 71.8 cm³/mol. The molecule has 0 radical (unpaired) electrons. The third kappa shape index (κ3) is 3.69. The molecule has 0 spiro atoms. The molecule has 18 heavy (non-hydrogen) atoms. The maximum atomic E-state index is 5.82. The van der Waals surface area contributed by atoms with Crippen molar-refractivity contribution in [1.82, 2.24) is 14.9 Å². The molecule has 7 heteroatoms. The molecule has 0 aromatic carbocycles. The fourth-order valence-electron chi connectivity index (χ4n) is 1.93. The van der Waals surface area contributed by atoms with Crippen LogP contribution in [0.15, 0.2) is 6.07 Å². The van der Waals surface area contributed by atoms with Crippen LogP contribution >= 0.6 is 11.6 Å². The quantitative estimate of drug-likeness (QED) is 0.791. The highest BCUT2D eigenvalue weighted by molar-refractivity contribution is 6.29. The number of nitrogens with zero attached hydrogens (tertiary/aromatic N) is 3. The van der Waals surface area contributed by atoms with Crippen molar-refractivity contribution in [2.45, 2.75) is 13.0 Å². The second-order valence-corrected chi connectivity index (χ2v) is 4.70. The zero-order chi connectivity index (χ0) is 13.0. The average Bonchev–Trinajstić information content (AvgIpc) is 2.36. The van der Waals surface area contributed by atoms with E-state index in [1.165, 1.54) is 0 Å². The number of nitrogens with one attached hydrogen (secondary N) is 1. The van der Waals surface area contributed by atoms with Crippen molar-refractivity contribution in [1.29, 1.82) is 0 Å². The number of hydrogen-bond donors (Lipinski definition) is 2. The summed E-state index contributed by atoms with van der Waals surface area (Å²) in [6.45, 7) is 6.50. The molecule has 1 saturated heterocycles. The summed E-state index contributed by atoms with van der Waals surface area (Å²) in [4.78, 5) is 10.3. The smallest absolute Gasteiger partial charge is 0.223 e. The minimum Gasteiger partial charge on any atom is -0.379 e. The largest absolute Gasteiger partial charge is 0.379 e. The maximum Gasteiger partial charge on any atom is 0.223 e. The van der Waals surface area contributed by atoms with Crippen molar-refractivity contribution in [3.05, 3.63) is 11.2 Å². The highest BCUT2D eigenvalue weighted by Gasteiger charge is 2.16. The summed E-state index contributed by atoms with van der Waals surface area (Å²) in [5.41, 5.74) is 5.54. The van der Waals surface area contributed by atoms with Gasteiger partial charge in [0.05, 0.1) is 13.2 Å². The van der Waals surface area contributed by atoms with E-state index in [1.54, 1.807) is 6.07 Å². The van der Waals surface area contributed by atoms with Crippen LogP contribution < -0.4 is 11.1 Å². The molecule has 1 aromatic rings. The summed E-state index contributed by atoms with van der Waals surface area (Å²) in [6, 6.07) is 2.08. The van der Waals surface area contributed by atoms with Gasteiger partial charge in [-0.3, -0.25) is 4.90 Å². The zero-order valence-corrected chi connectivity index (χ0v) is 11.2. The normalized spacial score (nSPS) is 18.6. The number of morpholine rings is 1. The number of hydrogen-bond acceptors (Lipinski definition) is 6. The van der Waals surface area contributed by atoms with Gasteiger partial charge in [-0.25, -0.2) is 4.98 Å². The first-order valence-electron chi connectivity index (χ1n) is 6.01. The van der Waals surface area contributed by atoms with E-state index in [9.17, 15) is 0 Å². The molecule has 1 aliphatic heterocycles. The van der Waals surface area contributed by atoms with E-state index in [1.807, 2.05) is 0 Å². The van der Waals surface area contributed by atoms with Crippen LogP contribution in [-0.2, 0) is 4.74 Å². The van der Waals surface area contributed by atoms with Gasteiger partial charge in [-0.1, -0.05) is 11.6 Å². The van der Waals surface area contributed by atoms with Gasteiger partial charge < -0.3 is 15.8 Å². The van der Waals surface area contributed by atoms with E-state index in [2.05, 4.69) is 27.1 Å². The monoisotopic (exact) mass is 271 g/mol. The van der Waals surface area contributed by atoms with Gasteiger partial charge in [0.2, 0.25) is 5.95 Å². The van der Waals surface area contributed by atoms with Crippen molar-refractivity contribution in [3.63, 3.8) is 0 Å². The Morgan fingerprint density at radius 1 is 1.50 bits per heavy atom. The lowest BCUT2D eigenvalue weighted by molar-refractivity contribution is 0.0227. The molecule has 0 aliphatic carbocycles. The highest BCUT2D eigenvalue weighted by Crippen LogP contribution is 2.13. The highest BCUT2D eigenvalue weighted by atomic mass is 35.5. The first-order valence-corrected chi connectivity index (χ1v) is 6.38. The average molecular weight is 272 g/mol. The number of nitrogen functional groups attached to an aromatic ring is 1. The second kappa shape index (κ2) is 6.17. The van der Waals surface area contributed by atoms with Crippen molar-refractivity contribution in [2.24, 2.45) is 0 Å². The molecule has 1 aliphatic rings. The van der Waals surface area contributed by atoms with Crippen LogP contribution in [0.25, 0.3) is 0 Å². The number of halogens is 1. The molecular formula is C11H18ClN5O. The molecule has 100 valence electrons. The third-order valence-electron chi connectivity index (χ3n) is 2.96. The van der Waals surface area contributed by atoms with Crippen LogP contribution in [0.3, 0.4) is 0 Å². The van der Waals surface area contributed by atoms with E-state index in [-0.39, 0.29) is 5.95 Å². The summed E-state index contributed by atoms with van der Waals surface area (Å²) in [5, 5.41) is 3.58. The second-order valence-electron chi connectivity index (χ2n) is 4.31. The van der Waals surface area contributed by atoms with E-state index < -0.39 is 0 Å². The predicted octanol–water partition coefficient (Wildman–Crippen LogP) is 0.845. The minimum absolute atomic E-state index is 0.184. The Morgan fingerprint density at radius 3 is 2.89 bits per heavy atom. The van der Waals surface area contributed by atoms with Crippen molar-refractivity contribution >= 4 is 23.4 Å². The summed E-state index contributed by atoms with van der Waals surface area (Å²) in [5.74, 6) is 0.844. The van der Waals surface area contributed by atoms with E-state index in [0.29, 0.717) is 17.0 Å². The summed E-state index contributed by atoms with van der Waals surface area (Å²) >= 11 is 5.82. The van der Waals surface area contributed by atoms with Crippen molar-refractivity contribution in [3.8, 4) is 0 Å². The standard InChI is InChI=1S/C11H18ClN5O/c1-8(17-2-4-18-5-3-17)7-14-10-6-9(12)15-11(13)16-10/h6,8H,2-5,7H2,1H3,(H3,13,14,15,16)/t8-/m1/s1. The Labute approximate surface area is 111 Å². The van der Waals surface area contributed by atoms with Crippen LogP contribution in [0.5, 0.6) is 0 Å². The molecule has 0 amide bonds. The number of aromatic nitrogens is 2. The molecule has 3 N–H and O–H groups in total. The minimum atomic E-state index is 0.184. The van der Waals surface area contributed by atoms with Gasteiger partial charge in [0, 0.05) is 31.7 Å². The van der Waals surface area contributed by atoms with Crippen molar-refractivity contribution < 1.29 is 4.74 Å². The maximum absolute atomic E-state index is 5.82. The van der Waals surface area contributed by atoms with Crippen LogP contribution in [0.2, 0.25) is 5.15 Å². The Kier molecular flexibility index (Phi) is 4.57. The van der Waals surface area contributed by atoms with E-state index in [4.69, 9.17) is 22.1 Å². The summed E-state index contributed by atoms with van der Waals surface area (Å²) in [6.07, 6.45) is 0. The molecule has 1 aromatic heterocycles. The molecule has 1 fully saturated rings. The molecule has 1 atom stereocenters. The van der Waals surface area contributed by atoms with Crippen LogP contribution in [0, 0.1) is 0 Å². The molecule has 0 bridgehead atoms. The van der Waals surface area contributed by atoms with E-state index >= 15 is 0 Å². The fraction of sp³-hybridized carbons (Fsp3) is 0.636. The third-order valence-corrected chi connectivity index (χ3v) is 3.15. The number of ether oxygens (including phenoxy) is 1. The number of anilines is 2. The lowest BCUT2D eigenvalue weighted by Gasteiger charge is -2.32. The molecular weight excluding hydrogens is 254 g/mol. The Balaban J connectivity index is 1.86. The molecule has 2 heterocycles. The van der Waals surface area contributed by atoms with E-state index in [0.717, 1.165) is 32.8 Å². The lowest BCUT2D eigenvalue weighted by atomic mass is 10.2. The molecule has 0 saturated carbocycles. The van der Waals surface area contributed by atoms with Crippen LogP contribution in [0.1, 0.15) is 6.92 Å². The van der Waals surface area contributed by atoms with Gasteiger partial charge in [0.1, 0.15) is 11.0 Å². The Hall–Kier alpha value is -1.11. The van der Waals surface area contributed by atoms with Gasteiger partial charge in [0.25, 0.3) is 0 Å². The SMILES string of the molecule is C[C@H](CNc1cc(Cl)nc(N)n1)N1CCOCC1. The lowest BCUT2D eigenvalue weighted by Crippen LogP contribution is -2.45. The summed E-state index contributed by atoms with van der Waals surface area (Å²) < 4.78 is 5.33. The first-order chi connectivity index (χ1) is 8.65. The Morgan fingerprint density at radius 2 is 2.22 bits per heavy atom. The topological polar surface area (TPSA) is 76.3 Å².